The van der Waals surface area contributed by atoms with Crippen LogP contribution in [0.15, 0.2) is 45.7 Å². The van der Waals surface area contributed by atoms with Crippen molar-refractivity contribution in [1.29, 1.82) is 0 Å². The molecule has 100 valence electrons. The van der Waals surface area contributed by atoms with Crippen molar-refractivity contribution in [2.45, 2.75) is 43.0 Å². The molecule has 0 atom stereocenters. The first-order chi connectivity index (χ1) is 9.29. The largest absolute Gasteiger partial charge is 0.464 e. The van der Waals surface area contributed by atoms with Crippen LogP contribution >= 0.6 is 11.8 Å². The summed E-state index contributed by atoms with van der Waals surface area (Å²) in [6, 6.07) is 13.5. The zero-order valence-electron chi connectivity index (χ0n) is 11.2. The minimum Gasteiger partial charge on any atom is -0.464 e. The van der Waals surface area contributed by atoms with Crippen LogP contribution in [0.25, 0.3) is 0 Å². The van der Waals surface area contributed by atoms with Crippen molar-refractivity contribution >= 4 is 11.8 Å². The monoisotopic (exact) mass is 273 g/mol. The van der Waals surface area contributed by atoms with Crippen LogP contribution in [-0.4, -0.2) is 6.04 Å². The summed E-state index contributed by atoms with van der Waals surface area (Å²) in [5.74, 6) is 3.00. The predicted molar refractivity (Wildman–Crippen MR) is 79.3 cm³/mol. The van der Waals surface area contributed by atoms with Gasteiger partial charge in [0.2, 0.25) is 0 Å². The van der Waals surface area contributed by atoms with Gasteiger partial charge in [-0.2, -0.15) is 0 Å². The normalized spacial score (nSPS) is 14.8. The molecule has 1 saturated carbocycles. The van der Waals surface area contributed by atoms with Crippen LogP contribution in [0.1, 0.15) is 29.9 Å². The highest BCUT2D eigenvalue weighted by Gasteiger charge is 2.20. The van der Waals surface area contributed by atoms with Crippen molar-refractivity contribution in [1.82, 2.24) is 5.32 Å². The Labute approximate surface area is 118 Å². The smallest absolute Gasteiger partial charge is 0.118 e. The summed E-state index contributed by atoms with van der Waals surface area (Å²) in [6.07, 6.45) is 2.63. The Bertz CT molecular complexity index is 545. The van der Waals surface area contributed by atoms with Gasteiger partial charge in [-0.05, 0) is 44.0 Å². The van der Waals surface area contributed by atoms with Gasteiger partial charge in [-0.3, -0.25) is 0 Å². The second kappa shape index (κ2) is 5.85. The van der Waals surface area contributed by atoms with Crippen LogP contribution in [0, 0.1) is 6.92 Å². The highest BCUT2D eigenvalue weighted by molar-refractivity contribution is 7.98. The van der Waals surface area contributed by atoms with Gasteiger partial charge in [0.05, 0.1) is 12.3 Å². The fourth-order valence-electron chi connectivity index (χ4n) is 1.99. The summed E-state index contributed by atoms with van der Waals surface area (Å²) in [4.78, 5) is 1.30. The van der Waals surface area contributed by atoms with E-state index in [2.05, 4.69) is 48.6 Å². The Balaban J connectivity index is 1.51. The van der Waals surface area contributed by atoms with Crippen molar-refractivity contribution in [3.63, 3.8) is 0 Å². The highest BCUT2D eigenvalue weighted by Crippen LogP contribution is 2.25. The molecule has 3 heteroatoms. The predicted octanol–water partition coefficient (Wildman–Crippen LogP) is 4.13. The Hall–Kier alpha value is -1.19. The average molecular weight is 273 g/mol. The quantitative estimate of drug-likeness (QED) is 0.801. The number of benzene rings is 1. The lowest BCUT2D eigenvalue weighted by atomic mass is 10.2. The Morgan fingerprint density at radius 3 is 2.84 bits per heavy atom. The zero-order chi connectivity index (χ0) is 13.1. The summed E-state index contributed by atoms with van der Waals surface area (Å²) in [6.45, 7) is 2.98. The molecular weight excluding hydrogens is 254 g/mol. The molecular formula is C16H19NOS. The van der Waals surface area contributed by atoms with E-state index in [0.717, 1.165) is 29.9 Å². The van der Waals surface area contributed by atoms with E-state index in [1.165, 1.54) is 23.3 Å². The second-order valence-corrected chi connectivity index (χ2v) is 6.18. The molecule has 0 radical (unpaired) electrons. The van der Waals surface area contributed by atoms with E-state index in [9.17, 15) is 0 Å². The Morgan fingerprint density at radius 2 is 2.05 bits per heavy atom. The van der Waals surface area contributed by atoms with E-state index in [0.29, 0.717) is 0 Å². The van der Waals surface area contributed by atoms with Crippen LogP contribution in [0.2, 0.25) is 0 Å². The summed E-state index contributed by atoms with van der Waals surface area (Å²) >= 11 is 1.82. The molecule has 3 rings (SSSR count). The van der Waals surface area contributed by atoms with Gasteiger partial charge in [-0.15, -0.1) is 11.8 Å². The van der Waals surface area contributed by atoms with Crippen molar-refractivity contribution in [3.05, 3.63) is 53.5 Å². The minimum absolute atomic E-state index is 0.732. The molecule has 0 amide bonds. The van der Waals surface area contributed by atoms with E-state index < -0.39 is 0 Å². The first kappa shape index (κ1) is 12.8. The van der Waals surface area contributed by atoms with Crippen LogP contribution in [0.4, 0.5) is 0 Å². The SMILES string of the molecule is Cc1cccc(SCc2ccc(CNC3CC3)o2)c1. The van der Waals surface area contributed by atoms with Gasteiger partial charge < -0.3 is 9.73 Å². The van der Waals surface area contributed by atoms with Crippen LogP contribution in [0.5, 0.6) is 0 Å². The van der Waals surface area contributed by atoms with Gasteiger partial charge in [0.25, 0.3) is 0 Å². The molecule has 1 fully saturated rings. The van der Waals surface area contributed by atoms with Crippen molar-refractivity contribution < 1.29 is 4.42 Å². The van der Waals surface area contributed by atoms with Gasteiger partial charge in [0.15, 0.2) is 0 Å². The molecule has 1 N–H and O–H groups in total. The number of hydrogen-bond donors (Lipinski definition) is 1. The average Bonchev–Trinajstić information content (AvgIpc) is 3.13. The number of nitrogens with one attached hydrogen (secondary N) is 1. The Morgan fingerprint density at radius 1 is 1.21 bits per heavy atom. The van der Waals surface area contributed by atoms with Crippen molar-refractivity contribution in [2.75, 3.05) is 0 Å². The molecule has 19 heavy (non-hydrogen) atoms. The molecule has 1 aliphatic rings. The van der Waals surface area contributed by atoms with Gasteiger partial charge >= 0.3 is 0 Å². The van der Waals surface area contributed by atoms with Crippen molar-refractivity contribution in [3.8, 4) is 0 Å². The van der Waals surface area contributed by atoms with E-state index in [1.54, 1.807) is 0 Å². The maximum atomic E-state index is 5.83. The third-order valence-electron chi connectivity index (χ3n) is 3.23. The van der Waals surface area contributed by atoms with E-state index in [-0.39, 0.29) is 0 Å². The first-order valence-corrected chi connectivity index (χ1v) is 7.78. The molecule has 1 aromatic heterocycles. The number of rotatable bonds is 6. The van der Waals surface area contributed by atoms with E-state index >= 15 is 0 Å². The number of aryl methyl sites for hydroxylation is 1. The van der Waals surface area contributed by atoms with Crippen molar-refractivity contribution in [2.24, 2.45) is 0 Å². The summed E-state index contributed by atoms with van der Waals surface area (Å²) in [7, 11) is 0. The number of furan rings is 1. The summed E-state index contributed by atoms with van der Waals surface area (Å²) in [5, 5.41) is 3.47. The van der Waals surface area contributed by atoms with Crippen LogP contribution in [-0.2, 0) is 12.3 Å². The molecule has 0 spiro atoms. The lowest BCUT2D eigenvalue weighted by Crippen LogP contribution is -2.14. The number of hydrogen-bond acceptors (Lipinski definition) is 3. The van der Waals surface area contributed by atoms with Gasteiger partial charge in [0.1, 0.15) is 11.5 Å². The molecule has 2 nitrogen and oxygen atoms in total. The molecule has 0 aliphatic heterocycles. The zero-order valence-corrected chi connectivity index (χ0v) is 12.0. The first-order valence-electron chi connectivity index (χ1n) is 6.80. The molecule has 0 bridgehead atoms. The minimum atomic E-state index is 0.732. The van der Waals surface area contributed by atoms with Gasteiger partial charge in [-0.1, -0.05) is 17.7 Å². The summed E-state index contributed by atoms with van der Waals surface area (Å²) in [5.41, 5.74) is 1.30. The molecule has 1 heterocycles. The van der Waals surface area contributed by atoms with Crippen LogP contribution in [0.3, 0.4) is 0 Å². The fraction of sp³-hybridized carbons (Fsp3) is 0.375. The lowest BCUT2D eigenvalue weighted by Gasteiger charge is -2.01. The topological polar surface area (TPSA) is 25.2 Å². The van der Waals surface area contributed by atoms with Crippen LogP contribution < -0.4 is 5.32 Å². The third kappa shape index (κ3) is 3.88. The van der Waals surface area contributed by atoms with Gasteiger partial charge in [0, 0.05) is 10.9 Å². The molecule has 2 aromatic rings. The second-order valence-electron chi connectivity index (χ2n) is 5.13. The Kier molecular flexibility index (Phi) is 3.95. The summed E-state index contributed by atoms with van der Waals surface area (Å²) < 4.78 is 5.83. The van der Waals surface area contributed by atoms with Gasteiger partial charge in [-0.25, -0.2) is 0 Å². The maximum absolute atomic E-state index is 5.83. The molecule has 0 unspecified atom stereocenters. The fourth-order valence-corrected chi connectivity index (χ4v) is 2.89. The molecule has 1 aromatic carbocycles. The van der Waals surface area contributed by atoms with E-state index in [4.69, 9.17) is 4.42 Å². The van der Waals surface area contributed by atoms with E-state index in [1.807, 2.05) is 11.8 Å². The third-order valence-corrected chi connectivity index (χ3v) is 4.25. The molecule has 0 saturated heterocycles. The number of thioether (sulfide) groups is 1. The lowest BCUT2D eigenvalue weighted by molar-refractivity contribution is 0.458. The maximum Gasteiger partial charge on any atom is 0.118 e. The molecule has 1 aliphatic carbocycles. The standard InChI is InChI=1S/C16H19NOS/c1-12-3-2-4-16(9-12)19-11-15-8-7-14(18-15)10-17-13-5-6-13/h2-4,7-9,13,17H,5-6,10-11H2,1H3. The highest BCUT2D eigenvalue weighted by atomic mass is 32.2.